The highest BCUT2D eigenvalue weighted by molar-refractivity contribution is 5.83. The summed E-state index contributed by atoms with van der Waals surface area (Å²) < 4.78 is 4.96. The van der Waals surface area contributed by atoms with E-state index < -0.39 is 0 Å². The summed E-state index contributed by atoms with van der Waals surface area (Å²) in [6.07, 6.45) is 5.81. The van der Waals surface area contributed by atoms with Gasteiger partial charge >= 0.3 is 5.69 Å². The fourth-order valence-electron chi connectivity index (χ4n) is 4.51. The average Bonchev–Trinajstić information content (AvgIpc) is 3.33. The molecule has 0 unspecified atom stereocenters. The van der Waals surface area contributed by atoms with Crippen molar-refractivity contribution in [3.05, 3.63) is 52.7 Å². The molecule has 1 aliphatic rings. The molecule has 158 valence electrons. The van der Waals surface area contributed by atoms with Crippen LogP contribution < -0.4 is 5.69 Å². The molecule has 4 heterocycles. The largest absolute Gasteiger partial charge is 0.395 e. The molecule has 9 heteroatoms. The molecule has 0 bridgehead atoms. The number of hydrogen-bond donors (Lipinski definition) is 2. The van der Waals surface area contributed by atoms with Crippen molar-refractivity contribution in [1.82, 2.24) is 23.7 Å². The molecule has 0 atom stereocenters. The lowest BCUT2D eigenvalue weighted by Gasteiger charge is -2.26. The second kappa shape index (κ2) is 7.65. The van der Waals surface area contributed by atoms with Crippen molar-refractivity contribution >= 4 is 16.7 Å². The number of hydrogen-bond acceptors (Lipinski definition) is 6. The predicted octanol–water partition coefficient (Wildman–Crippen LogP) is 1.85. The van der Waals surface area contributed by atoms with Crippen LogP contribution in [-0.2, 0) is 6.54 Å². The lowest BCUT2D eigenvalue weighted by molar-refractivity contribution is 0.110. The Bertz CT molecular complexity index is 1370. The van der Waals surface area contributed by atoms with E-state index >= 15 is 0 Å². The van der Waals surface area contributed by atoms with Gasteiger partial charge in [0.25, 0.3) is 0 Å². The Hall–Kier alpha value is -3.48. The van der Waals surface area contributed by atoms with Gasteiger partial charge in [0.2, 0.25) is 0 Å². The van der Waals surface area contributed by atoms with Crippen LogP contribution in [0.2, 0.25) is 0 Å². The Kier molecular flexibility index (Phi) is 4.81. The van der Waals surface area contributed by atoms with Gasteiger partial charge in [0.15, 0.2) is 5.65 Å². The highest BCUT2D eigenvalue weighted by Crippen LogP contribution is 2.31. The summed E-state index contributed by atoms with van der Waals surface area (Å²) in [4.78, 5) is 18.1. The van der Waals surface area contributed by atoms with E-state index in [1.807, 2.05) is 12.1 Å². The zero-order chi connectivity index (χ0) is 21.5. The van der Waals surface area contributed by atoms with Gasteiger partial charge in [0.1, 0.15) is 0 Å². The number of aliphatic hydroxyl groups excluding tert-OH is 2. The molecular weight excluding hydrogens is 396 g/mol. The second-order valence-corrected chi connectivity index (χ2v) is 7.94. The van der Waals surface area contributed by atoms with Crippen LogP contribution in [0.15, 0.2) is 41.5 Å². The fourth-order valence-corrected chi connectivity index (χ4v) is 4.51. The van der Waals surface area contributed by atoms with Crippen molar-refractivity contribution in [3.63, 3.8) is 0 Å². The van der Waals surface area contributed by atoms with E-state index in [-0.39, 0.29) is 31.0 Å². The minimum Gasteiger partial charge on any atom is -0.395 e. The SMILES string of the molecule is N#Cc1ccn2ncc(-c3ccc4c(n3)n([C@H]3CC[C@H](O)CC3)c(=O)n4CCO)c2c1. The van der Waals surface area contributed by atoms with Gasteiger partial charge in [-0.3, -0.25) is 9.13 Å². The molecule has 0 spiro atoms. The summed E-state index contributed by atoms with van der Waals surface area (Å²) in [6.45, 7) is 0.0517. The first-order valence-corrected chi connectivity index (χ1v) is 10.4. The Balaban J connectivity index is 1.70. The van der Waals surface area contributed by atoms with Gasteiger partial charge in [-0.15, -0.1) is 0 Å². The Morgan fingerprint density at radius 2 is 1.97 bits per heavy atom. The molecule has 0 aliphatic heterocycles. The maximum atomic E-state index is 13.2. The highest BCUT2D eigenvalue weighted by Gasteiger charge is 2.26. The number of nitrogens with zero attached hydrogens (tertiary/aromatic N) is 6. The van der Waals surface area contributed by atoms with Crippen LogP contribution in [0.5, 0.6) is 0 Å². The van der Waals surface area contributed by atoms with E-state index in [1.165, 1.54) is 0 Å². The van der Waals surface area contributed by atoms with Crippen LogP contribution in [0.4, 0.5) is 0 Å². The Morgan fingerprint density at radius 3 is 2.71 bits per heavy atom. The smallest absolute Gasteiger partial charge is 0.330 e. The van der Waals surface area contributed by atoms with E-state index in [1.54, 1.807) is 38.2 Å². The molecule has 1 aliphatic carbocycles. The monoisotopic (exact) mass is 418 g/mol. The summed E-state index contributed by atoms with van der Waals surface area (Å²) in [5.41, 5.74) is 3.76. The highest BCUT2D eigenvalue weighted by atomic mass is 16.3. The number of aromatic nitrogens is 5. The average molecular weight is 418 g/mol. The van der Waals surface area contributed by atoms with Gasteiger partial charge in [-0.1, -0.05) is 0 Å². The second-order valence-electron chi connectivity index (χ2n) is 7.94. The van der Waals surface area contributed by atoms with Crippen molar-refractivity contribution in [1.29, 1.82) is 5.26 Å². The Morgan fingerprint density at radius 1 is 1.16 bits per heavy atom. The lowest BCUT2D eigenvalue weighted by atomic mass is 9.93. The maximum Gasteiger partial charge on any atom is 0.330 e. The van der Waals surface area contributed by atoms with E-state index in [4.69, 9.17) is 4.98 Å². The van der Waals surface area contributed by atoms with Gasteiger partial charge in [0.05, 0.1) is 53.8 Å². The first-order valence-electron chi connectivity index (χ1n) is 10.4. The molecule has 31 heavy (non-hydrogen) atoms. The summed E-state index contributed by atoms with van der Waals surface area (Å²) in [5.74, 6) is 0. The molecule has 0 saturated heterocycles. The van der Waals surface area contributed by atoms with Crippen LogP contribution in [0.3, 0.4) is 0 Å². The van der Waals surface area contributed by atoms with E-state index in [0.717, 1.165) is 11.1 Å². The van der Waals surface area contributed by atoms with E-state index in [2.05, 4.69) is 11.2 Å². The molecular formula is C22H22N6O3. The fraction of sp³-hybridized carbons (Fsp3) is 0.364. The van der Waals surface area contributed by atoms with Crippen LogP contribution in [0.1, 0.15) is 37.3 Å². The van der Waals surface area contributed by atoms with Crippen molar-refractivity contribution in [2.45, 2.75) is 44.4 Å². The molecule has 1 saturated carbocycles. The van der Waals surface area contributed by atoms with Gasteiger partial charge < -0.3 is 10.2 Å². The van der Waals surface area contributed by atoms with E-state index in [0.29, 0.717) is 48.1 Å². The van der Waals surface area contributed by atoms with Crippen LogP contribution in [0.25, 0.3) is 27.9 Å². The van der Waals surface area contributed by atoms with Crippen molar-refractivity contribution < 1.29 is 10.2 Å². The molecule has 4 aromatic rings. The number of rotatable bonds is 4. The summed E-state index contributed by atoms with van der Waals surface area (Å²) >= 11 is 0. The van der Waals surface area contributed by atoms with Gasteiger partial charge in [-0.05, 0) is 49.9 Å². The van der Waals surface area contributed by atoms with Crippen molar-refractivity contribution in [3.8, 4) is 17.3 Å². The van der Waals surface area contributed by atoms with Gasteiger partial charge in [-0.2, -0.15) is 10.4 Å². The van der Waals surface area contributed by atoms with Gasteiger partial charge in [-0.25, -0.2) is 14.3 Å². The molecule has 5 rings (SSSR count). The standard InChI is InChI=1S/C22H22N6O3/c23-12-14-7-8-27-20(11-14)17(13-24-27)18-5-6-19-21(25-18)28(22(31)26(19)9-10-29)15-1-3-16(30)4-2-15/h5-8,11,13,15-16,29-30H,1-4,9-10H2/t15-,16-. The maximum absolute atomic E-state index is 13.2. The Labute approximate surface area is 177 Å². The van der Waals surface area contributed by atoms with Crippen LogP contribution in [0, 0.1) is 11.3 Å². The van der Waals surface area contributed by atoms with Crippen molar-refractivity contribution in [2.75, 3.05) is 6.61 Å². The quantitative estimate of drug-likeness (QED) is 0.522. The molecule has 0 aromatic carbocycles. The topological polar surface area (TPSA) is 121 Å². The number of pyridine rings is 2. The third kappa shape index (κ3) is 3.21. The third-order valence-corrected chi connectivity index (χ3v) is 6.09. The molecule has 4 aromatic heterocycles. The molecule has 1 fully saturated rings. The first kappa shape index (κ1) is 19.5. The number of imidazole rings is 1. The zero-order valence-electron chi connectivity index (χ0n) is 16.8. The summed E-state index contributed by atoms with van der Waals surface area (Å²) in [5, 5.41) is 33.0. The zero-order valence-corrected chi connectivity index (χ0v) is 16.8. The molecule has 2 N–H and O–H groups in total. The minimum atomic E-state index is -0.325. The first-order chi connectivity index (χ1) is 15.1. The molecule has 0 amide bonds. The van der Waals surface area contributed by atoms with E-state index in [9.17, 15) is 20.3 Å². The number of fused-ring (bicyclic) bond motifs is 2. The molecule has 0 radical (unpaired) electrons. The summed E-state index contributed by atoms with van der Waals surface area (Å²) in [7, 11) is 0. The molecule has 9 nitrogen and oxygen atoms in total. The number of aliphatic hydroxyl groups is 2. The van der Waals surface area contributed by atoms with Crippen LogP contribution in [-0.4, -0.2) is 46.7 Å². The minimum absolute atomic E-state index is 0.0461. The number of nitriles is 1. The normalized spacial score (nSPS) is 19.1. The lowest BCUT2D eigenvalue weighted by Crippen LogP contribution is -2.31. The van der Waals surface area contributed by atoms with Crippen LogP contribution >= 0.6 is 0 Å². The summed E-state index contributed by atoms with van der Waals surface area (Å²) in [6, 6.07) is 9.24. The third-order valence-electron chi connectivity index (χ3n) is 6.09. The van der Waals surface area contributed by atoms with Gasteiger partial charge in [0, 0.05) is 17.8 Å². The predicted molar refractivity (Wildman–Crippen MR) is 113 cm³/mol. The van der Waals surface area contributed by atoms with Crippen molar-refractivity contribution in [2.24, 2.45) is 0 Å².